The van der Waals surface area contributed by atoms with Crippen LogP contribution in [-0.4, -0.2) is 25.1 Å². The summed E-state index contributed by atoms with van der Waals surface area (Å²) in [6.07, 6.45) is -0.589. The van der Waals surface area contributed by atoms with Crippen molar-refractivity contribution in [2.75, 3.05) is 18.0 Å². The van der Waals surface area contributed by atoms with Crippen LogP contribution in [0.3, 0.4) is 0 Å². The third-order valence-corrected chi connectivity index (χ3v) is 4.24. The number of ether oxygens (including phenoxy) is 1. The van der Waals surface area contributed by atoms with E-state index in [1.807, 2.05) is 12.1 Å². The van der Waals surface area contributed by atoms with Crippen LogP contribution in [0.4, 0.5) is 5.69 Å². The standard InChI is InChI=1S/C20H25ClN2O2/c1-4-23(5-2)18-11-9-16(10-12-18)14-22-20(24)15(3)25-19-8-6-7-17(21)13-19/h6-13,15H,4-5,14H2,1-3H3,(H,22,24). The normalized spacial score (nSPS) is 11.7. The molecule has 0 bridgehead atoms. The molecule has 25 heavy (non-hydrogen) atoms. The number of hydrogen-bond acceptors (Lipinski definition) is 3. The van der Waals surface area contributed by atoms with Gasteiger partial charge in [-0.2, -0.15) is 0 Å². The molecule has 1 unspecified atom stereocenters. The number of anilines is 1. The summed E-state index contributed by atoms with van der Waals surface area (Å²) in [5.41, 5.74) is 2.25. The lowest BCUT2D eigenvalue weighted by atomic mass is 10.2. The number of carbonyl (C=O) groups is 1. The van der Waals surface area contributed by atoms with E-state index in [0.717, 1.165) is 18.7 Å². The molecule has 5 heteroatoms. The number of carbonyl (C=O) groups excluding carboxylic acids is 1. The van der Waals surface area contributed by atoms with Crippen LogP contribution in [0, 0.1) is 0 Å². The number of amides is 1. The Morgan fingerprint density at radius 3 is 2.44 bits per heavy atom. The molecule has 134 valence electrons. The van der Waals surface area contributed by atoms with Gasteiger partial charge in [0.15, 0.2) is 6.10 Å². The summed E-state index contributed by atoms with van der Waals surface area (Å²) in [5.74, 6) is 0.423. The number of nitrogens with zero attached hydrogens (tertiary/aromatic N) is 1. The minimum atomic E-state index is -0.589. The number of halogens is 1. The zero-order chi connectivity index (χ0) is 18.2. The van der Waals surface area contributed by atoms with Crippen molar-refractivity contribution in [3.8, 4) is 5.75 Å². The molecule has 4 nitrogen and oxygen atoms in total. The fourth-order valence-corrected chi connectivity index (χ4v) is 2.72. The highest BCUT2D eigenvalue weighted by Gasteiger charge is 2.14. The zero-order valence-electron chi connectivity index (χ0n) is 15.0. The molecule has 0 aliphatic rings. The van der Waals surface area contributed by atoms with Gasteiger partial charge in [-0.15, -0.1) is 0 Å². The maximum Gasteiger partial charge on any atom is 0.261 e. The van der Waals surface area contributed by atoms with Gasteiger partial charge in [-0.25, -0.2) is 0 Å². The van der Waals surface area contributed by atoms with Gasteiger partial charge in [-0.1, -0.05) is 29.8 Å². The quantitative estimate of drug-likeness (QED) is 0.764. The number of nitrogens with one attached hydrogen (secondary N) is 1. The van der Waals surface area contributed by atoms with Gasteiger partial charge in [0.1, 0.15) is 5.75 Å². The van der Waals surface area contributed by atoms with Gasteiger partial charge in [0.2, 0.25) is 0 Å². The van der Waals surface area contributed by atoms with E-state index in [9.17, 15) is 4.79 Å². The molecule has 1 atom stereocenters. The molecular formula is C20H25ClN2O2. The Balaban J connectivity index is 1.86. The van der Waals surface area contributed by atoms with Crippen molar-refractivity contribution in [2.24, 2.45) is 0 Å². The highest BCUT2D eigenvalue weighted by molar-refractivity contribution is 6.30. The van der Waals surface area contributed by atoms with E-state index in [1.54, 1.807) is 31.2 Å². The van der Waals surface area contributed by atoms with Crippen molar-refractivity contribution < 1.29 is 9.53 Å². The van der Waals surface area contributed by atoms with Crippen LogP contribution in [0.15, 0.2) is 48.5 Å². The predicted molar refractivity (Wildman–Crippen MR) is 103 cm³/mol. The smallest absolute Gasteiger partial charge is 0.261 e. The maximum atomic E-state index is 12.2. The van der Waals surface area contributed by atoms with Gasteiger partial charge in [0.05, 0.1) is 0 Å². The number of benzene rings is 2. The van der Waals surface area contributed by atoms with Crippen LogP contribution in [0.2, 0.25) is 5.02 Å². The van der Waals surface area contributed by atoms with Crippen LogP contribution in [-0.2, 0) is 11.3 Å². The Labute approximate surface area is 154 Å². The molecule has 0 spiro atoms. The van der Waals surface area contributed by atoms with Gasteiger partial charge >= 0.3 is 0 Å². The first kappa shape index (κ1) is 19.1. The summed E-state index contributed by atoms with van der Waals surface area (Å²) < 4.78 is 5.62. The van der Waals surface area contributed by atoms with E-state index in [4.69, 9.17) is 16.3 Å². The molecule has 0 saturated heterocycles. The average molecular weight is 361 g/mol. The third-order valence-electron chi connectivity index (χ3n) is 4.01. The van der Waals surface area contributed by atoms with E-state index in [0.29, 0.717) is 17.3 Å². The second-order valence-corrected chi connectivity index (χ2v) is 6.21. The predicted octanol–water partition coefficient (Wildman–Crippen LogP) is 4.27. The van der Waals surface area contributed by atoms with Crippen molar-refractivity contribution in [2.45, 2.75) is 33.4 Å². The Morgan fingerprint density at radius 2 is 1.84 bits per heavy atom. The second-order valence-electron chi connectivity index (χ2n) is 5.77. The highest BCUT2D eigenvalue weighted by Crippen LogP contribution is 2.18. The van der Waals surface area contributed by atoms with E-state index in [2.05, 4.69) is 36.2 Å². The molecule has 2 rings (SSSR count). The number of hydrogen-bond donors (Lipinski definition) is 1. The zero-order valence-corrected chi connectivity index (χ0v) is 15.7. The van der Waals surface area contributed by atoms with Crippen molar-refractivity contribution in [1.29, 1.82) is 0 Å². The fourth-order valence-electron chi connectivity index (χ4n) is 2.54. The first-order valence-corrected chi connectivity index (χ1v) is 8.95. The van der Waals surface area contributed by atoms with Gasteiger partial charge < -0.3 is 15.0 Å². The Morgan fingerprint density at radius 1 is 1.16 bits per heavy atom. The summed E-state index contributed by atoms with van der Waals surface area (Å²) in [5, 5.41) is 3.48. The lowest BCUT2D eigenvalue weighted by molar-refractivity contribution is -0.127. The molecule has 0 radical (unpaired) electrons. The molecular weight excluding hydrogens is 336 g/mol. The van der Waals surface area contributed by atoms with Crippen LogP contribution < -0.4 is 15.0 Å². The topological polar surface area (TPSA) is 41.6 Å². The van der Waals surface area contributed by atoms with Crippen molar-refractivity contribution in [3.63, 3.8) is 0 Å². The molecule has 2 aromatic carbocycles. The lowest BCUT2D eigenvalue weighted by Crippen LogP contribution is -2.35. The lowest BCUT2D eigenvalue weighted by Gasteiger charge is -2.21. The van der Waals surface area contributed by atoms with Gasteiger partial charge in [-0.05, 0) is 56.7 Å². The van der Waals surface area contributed by atoms with Crippen molar-refractivity contribution >= 4 is 23.2 Å². The molecule has 0 saturated carbocycles. The van der Waals surface area contributed by atoms with Crippen LogP contribution in [0.1, 0.15) is 26.3 Å². The number of rotatable bonds is 8. The first-order chi connectivity index (χ1) is 12.0. The summed E-state index contributed by atoms with van der Waals surface area (Å²) in [7, 11) is 0. The Kier molecular flexibility index (Phi) is 7.14. The minimum Gasteiger partial charge on any atom is -0.481 e. The monoisotopic (exact) mass is 360 g/mol. The molecule has 1 N–H and O–H groups in total. The fraction of sp³-hybridized carbons (Fsp3) is 0.350. The van der Waals surface area contributed by atoms with E-state index >= 15 is 0 Å². The van der Waals surface area contributed by atoms with Crippen molar-refractivity contribution in [3.05, 3.63) is 59.1 Å². The first-order valence-electron chi connectivity index (χ1n) is 8.57. The molecule has 2 aromatic rings. The van der Waals surface area contributed by atoms with Gasteiger partial charge in [0.25, 0.3) is 5.91 Å². The van der Waals surface area contributed by atoms with Crippen LogP contribution in [0.25, 0.3) is 0 Å². The minimum absolute atomic E-state index is 0.159. The molecule has 1 amide bonds. The summed E-state index contributed by atoms with van der Waals surface area (Å²) in [6.45, 7) is 8.42. The SMILES string of the molecule is CCN(CC)c1ccc(CNC(=O)C(C)Oc2cccc(Cl)c2)cc1. The molecule has 0 fully saturated rings. The van der Waals surface area contributed by atoms with E-state index < -0.39 is 6.10 Å². The molecule has 0 aliphatic heterocycles. The van der Waals surface area contributed by atoms with E-state index in [1.165, 1.54) is 5.69 Å². The molecule has 0 aromatic heterocycles. The Bertz CT molecular complexity index is 684. The molecule has 0 aliphatic carbocycles. The van der Waals surface area contributed by atoms with Gasteiger partial charge in [0, 0.05) is 30.3 Å². The Hall–Kier alpha value is -2.20. The van der Waals surface area contributed by atoms with Crippen LogP contribution >= 0.6 is 11.6 Å². The second kappa shape index (κ2) is 9.33. The third kappa shape index (κ3) is 5.68. The summed E-state index contributed by atoms with van der Waals surface area (Å²) >= 11 is 5.92. The molecule has 0 heterocycles. The van der Waals surface area contributed by atoms with Crippen molar-refractivity contribution in [1.82, 2.24) is 5.32 Å². The van der Waals surface area contributed by atoms with E-state index in [-0.39, 0.29) is 5.91 Å². The largest absolute Gasteiger partial charge is 0.481 e. The highest BCUT2D eigenvalue weighted by atomic mass is 35.5. The summed E-state index contributed by atoms with van der Waals surface area (Å²) in [6, 6.07) is 15.3. The van der Waals surface area contributed by atoms with Crippen LogP contribution in [0.5, 0.6) is 5.75 Å². The maximum absolute atomic E-state index is 12.2. The average Bonchev–Trinajstić information content (AvgIpc) is 2.61. The van der Waals surface area contributed by atoms with Gasteiger partial charge in [-0.3, -0.25) is 4.79 Å². The summed E-state index contributed by atoms with van der Waals surface area (Å²) in [4.78, 5) is 14.5.